The number of hydrogen-bond donors (Lipinski definition) is 1. The average molecular weight is 304 g/mol. The molecule has 1 amide bonds. The Morgan fingerprint density at radius 1 is 1.25 bits per heavy atom. The molecule has 20 heavy (non-hydrogen) atoms. The first-order valence-electron chi connectivity index (χ1n) is 7.10. The van der Waals surface area contributed by atoms with E-state index in [9.17, 15) is 18.3 Å². The molecule has 6 nitrogen and oxygen atoms in total. The largest absolute Gasteiger partial charge is 0.389 e. The zero-order valence-electron chi connectivity index (χ0n) is 12.2. The van der Waals surface area contributed by atoms with Crippen LogP contribution in [0.1, 0.15) is 20.3 Å². The van der Waals surface area contributed by atoms with Crippen LogP contribution in [0.3, 0.4) is 0 Å². The van der Waals surface area contributed by atoms with Crippen molar-refractivity contribution in [2.24, 2.45) is 5.92 Å². The van der Waals surface area contributed by atoms with E-state index in [1.165, 1.54) is 0 Å². The molecule has 2 aliphatic heterocycles. The molecule has 2 heterocycles. The fourth-order valence-corrected chi connectivity index (χ4v) is 4.65. The number of aliphatic hydroxyl groups is 1. The molecule has 7 heteroatoms. The van der Waals surface area contributed by atoms with Crippen molar-refractivity contribution < 1.29 is 18.3 Å². The molecule has 0 unspecified atom stereocenters. The van der Waals surface area contributed by atoms with Gasteiger partial charge in [0, 0.05) is 32.7 Å². The van der Waals surface area contributed by atoms with Gasteiger partial charge in [0.1, 0.15) is 0 Å². The van der Waals surface area contributed by atoms with Crippen LogP contribution in [0.25, 0.3) is 0 Å². The van der Waals surface area contributed by atoms with Gasteiger partial charge in [-0.05, 0) is 20.3 Å². The Labute approximate surface area is 120 Å². The molecule has 1 N–H and O–H groups in total. The van der Waals surface area contributed by atoms with Crippen LogP contribution in [0.5, 0.6) is 0 Å². The van der Waals surface area contributed by atoms with Gasteiger partial charge in [0.2, 0.25) is 5.91 Å². The van der Waals surface area contributed by atoms with Gasteiger partial charge in [0.25, 0.3) is 0 Å². The quantitative estimate of drug-likeness (QED) is 0.749. The van der Waals surface area contributed by atoms with Crippen molar-refractivity contribution >= 4 is 15.7 Å². The molecule has 0 aliphatic carbocycles. The van der Waals surface area contributed by atoms with E-state index in [2.05, 4.69) is 4.90 Å². The predicted octanol–water partition coefficient (Wildman–Crippen LogP) is -0.664. The van der Waals surface area contributed by atoms with Crippen LogP contribution in [0.2, 0.25) is 0 Å². The fraction of sp³-hybridized carbons (Fsp3) is 0.923. The molecule has 2 aliphatic rings. The summed E-state index contributed by atoms with van der Waals surface area (Å²) in [5.74, 6) is -0.215. The fourth-order valence-electron chi connectivity index (χ4n) is 2.92. The Morgan fingerprint density at radius 2 is 1.85 bits per heavy atom. The molecule has 2 saturated heterocycles. The van der Waals surface area contributed by atoms with E-state index in [1.807, 2.05) is 0 Å². The number of hydrogen-bond acceptors (Lipinski definition) is 5. The lowest BCUT2D eigenvalue weighted by Gasteiger charge is -2.38. The summed E-state index contributed by atoms with van der Waals surface area (Å²) >= 11 is 0. The maximum Gasteiger partial charge on any atom is 0.226 e. The Hall–Kier alpha value is -0.660. The molecule has 0 spiro atoms. The SMILES string of the molecule is CC(C)(O)CN1CCN(C(=O)[C@H]2CCS(=O)(=O)C2)CC1. The van der Waals surface area contributed by atoms with Crippen LogP contribution in [0.15, 0.2) is 0 Å². The second-order valence-electron chi connectivity index (χ2n) is 6.51. The van der Waals surface area contributed by atoms with E-state index in [0.29, 0.717) is 26.1 Å². The minimum Gasteiger partial charge on any atom is -0.389 e. The van der Waals surface area contributed by atoms with Crippen LogP contribution in [0.4, 0.5) is 0 Å². The van der Waals surface area contributed by atoms with Crippen LogP contribution < -0.4 is 0 Å². The van der Waals surface area contributed by atoms with Gasteiger partial charge in [-0.25, -0.2) is 8.42 Å². The van der Waals surface area contributed by atoms with Crippen molar-refractivity contribution in [3.05, 3.63) is 0 Å². The zero-order valence-corrected chi connectivity index (χ0v) is 13.0. The highest BCUT2D eigenvalue weighted by atomic mass is 32.2. The van der Waals surface area contributed by atoms with Crippen molar-refractivity contribution in [2.45, 2.75) is 25.9 Å². The van der Waals surface area contributed by atoms with Crippen LogP contribution in [-0.4, -0.2) is 79.1 Å². The average Bonchev–Trinajstić information content (AvgIpc) is 2.68. The third kappa shape index (κ3) is 4.17. The predicted molar refractivity (Wildman–Crippen MR) is 76.1 cm³/mol. The summed E-state index contributed by atoms with van der Waals surface area (Å²) in [7, 11) is -3.00. The molecular formula is C13H24N2O4S. The lowest BCUT2D eigenvalue weighted by atomic mass is 10.1. The molecule has 0 radical (unpaired) electrons. The van der Waals surface area contributed by atoms with E-state index in [4.69, 9.17) is 0 Å². The lowest BCUT2D eigenvalue weighted by Crippen LogP contribution is -2.53. The van der Waals surface area contributed by atoms with E-state index in [1.54, 1.807) is 18.7 Å². The third-order valence-electron chi connectivity index (χ3n) is 3.88. The van der Waals surface area contributed by atoms with Gasteiger partial charge in [0.15, 0.2) is 9.84 Å². The second-order valence-corrected chi connectivity index (χ2v) is 8.74. The lowest BCUT2D eigenvalue weighted by molar-refractivity contribution is -0.136. The smallest absolute Gasteiger partial charge is 0.226 e. The molecule has 116 valence electrons. The Bertz CT molecular complexity index is 461. The first-order valence-corrected chi connectivity index (χ1v) is 8.92. The van der Waals surface area contributed by atoms with E-state index < -0.39 is 15.4 Å². The second kappa shape index (κ2) is 5.61. The van der Waals surface area contributed by atoms with Gasteiger partial charge in [-0.1, -0.05) is 0 Å². The molecule has 1 atom stereocenters. The van der Waals surface area contributed by atoms with Crippen molar-refractivity contribution in [3.63, 3.8) is 0 Å². The monoisotopic (exact) mass is 304 g/mol. The number of sulfone groups is 1. The number of β-amino-alcohol motifs (C(OH)–C–C–N with tert-alkyl or cyclic N) is 1. The van der Waals surface area contributed by atoms with E-state index >= 15 is 0 Å². The summed E-state index contributed by atoms with van der Waals surface area (Å²) in [4.78, 5) is 16.2. The van der Waals surface area contributed by atoms with Gasteiger partial charge in [-0.3, -0.25) is 9.69 Å². The minimum atomic E-state index is -3.00. The first-order chi connectivity index (χ1) is 9.16. The first kappa shape index (κ1) is 15.7. The van der Waals surface area contributed by atoms with Crippen molar-refractivity contribution in [1.29, 1.82) is 0 Å². The van der Waals surface area contributed by atoms with Crippen molar-refractivity contribution in [2.75, 3.05) is 44.2 Å². The number of carbonyl (C=O) groups is 1. The highest BCUT2D eigenvalue weighted by Crippen LogP contribution is 2.21. The summed E-state index contributed by atoms with van der Waals surface area (Å²) in [6, 6.07) is 0. The third-order valence-corrected chi connectivity index (χ3v) is 5.64. The summed E-state index contributed by atoms with van der Waals surface area (Å²) in [5, 5.41) is 9.79. The zero-order chi connectivity index (χ0) is 15.0. The van der Waals surface area contributed by atoms with Gasteiger partial charge in [-0.15, -0.1) is 0 Å². The van der Waals surface area contributed by atoms with Crippen molar-refractivity contribution in [1.82, 2.24) is 9.80 Å². The molecule has 0 saturated carbocycles. The van der Waals surface area contributed by atoms with E-state index in [-0.39, 0.29) is 23.3 Å². The summed E-state index contributed by atoms with van der Waals surface area (Å²) in [6.07, 6.45) is 0.463. The normalized spacial score (nSPS) is 27.8. The highest BCUT2D eigenvalue weighted by molar-refractivity contribution is 7.91. The van der Waals surface area contributed by atoms with Gasteiger partial charge in [0.05, 0.1) is 23.0 Å². The maximum atomic E-state index is 12.3. The Kier molecular flexibility index (Phi) is 4.41. The van der Waals surface area contributed by atoms with Crippen LogP contribution in [0, 0.1) is 5.92 Å². The number of amides is 1. The maximum absolute atomic E-state index is 12.3. The summed E-state index contributed by atoms with van der Waals surface area (Å²) in [6.45, 7) is 6.83. The molecule has 0 aromatic rings. The highest BCUT2D eigenvalue weighted by Gasteiger charge is 2.36. The number of rotatable bonds is 3. The Balaban J connectivity index is 1.83. The summed E-state index contributed by atoms with van der Waals surface area (Å²) in [5.41, 5.74) is -0.730. The van der Waals surface area contributed by atoms with Crippen molar-refractivity contribution in [3.8, 4) is 0 Å². The molecule has 2 fully saturated rings. The molecule has 0 aromatic heterocycles. The van der Waals surface area contributed by atoms with Gasteiger partial charge in [-0.2, -0.15) is 0 Å². The standard InChI is InChI=1S/C13H24N2O4S/c1-13(2,17)10-14-4-6-15(7-5-14)12(16)11-3-8-20(18,19)9-11/h11,17H,3-10H2,1-2H3/t11-/m0/s1. The number of nitrogens with zero attached hydrogens (tertiary/aromatic N) is 2. The molecular weight excluding hydrogens is 280 g/mol. The van der Waals surface area contributed by atoms with Crippen LogP contribution >= 0.6 is 0 Å². The number of piperazine rings is 1. The van der Waals surface area contributed by atoms with Gasteiger partial charge < -0.3 is 10.0 Å². The molecule has 2 rings (SSSR count). The Morgan fingerprint density at radius 3 is 2.30 bits per heavy atom. The number of carbonyl (C=O) groups excluding carboxylic acids is 1. The van der Waals surface area contributed by atoms with E-state index in [0.717, 1.165) is 13.1 Å². The molecule has 0 aromatic carbocycles. The van der Waals surface area contributed by atoms with Gasteiger partial charge >= 0.3 is 0 Å². The molecule has 0 bridgehead atoms. The topological polar surface area (TPSA) is 77.9 Å². The minimum absolute atomic E-state index is 0.00964. The van der Waals surface area contributed by atoms with Crippen LogP contribution in [-0.2, 0) is 14.6 Å². The summed E-state index contributed by atoms with van der Waals surface area (Å²) < 4.78 is 22.9.